The van der Waals surface area contributed by atoms with Crippen LogP contribution in [-0.2, 0) is 0 Å². The summed E-state index contributed by atoms with van der Waals surface area (Å²) < 4.78 is 19.0. The summed E-state index contributed by atoms with van der Waals surface area (Å²) in [5, 5.41) is 12.4. The molecule has 1 aromatic carbocycles. The first kappa shape index (κ1) is 15.6. The van der Waals surface area contributed by atoms with E-state index >= 15 is 0 Å². The van der Waals surface area contributed by atoms with Crippen LogP contribution in [0.3, 0.4) is 0 Å². The van der Waals surface area contributed by atoms with Crippen molar-refractivity contribution in [1.82, 2.24) is 0 Å². The van der Waals surface area contributed by atoms with E-state index < -0.39 is 5.82 Å². The lowest BCUT2D eigenvalue weighted by Crippen LogP contribution is -2.29. The molecule has 0 saturated carbocycles. The van der Waals surface area contributed by atoms with E-state index in [0.29, 0.717) is 18.0 Å². The number of nitrogens with one attached hydrogen (secondary N) is 1. The molecule has 0 heterocycles. The smallest absolute Gasteiger partial charge is 0.167 e. The molecular weight excluding hydrogens is 247 g/mol. The third kappa shape index (κ3) is 4.28. The van der Waals surface area contributed by atoms with Crippen LogP contribution in [0.25, 0.3) is 0 Å². The van der Waals surface area contributed by atoms with Crippen LogP contribution >= 0.6 is 0 Å². The molecule has 0 aliphatic heterocycles. The van der Waals surface area contributed by atoms with Gasteiger partial charge in [-0.3, -0.25) is 0 Å². The highest BCUT2D eigenvalue weighted by atomic mass is 19.1. The molecule has 0 bridgehead atoms. The molecule has 1 rings (SSSR count). The van der Waals surface area contributed by atoms with Crippen molar-refractivity contribution in [2.75, 3.05) is 24.3 Å². The fourth-order valence-corrected chi connectivity index (χ4v) is 1.64. The largest absolute Gasteiger partial charge is 0.490 e. The standard InChI is InChI=1S/C14H23FN2O2/c1-4-5-19-14-7-12(11(16)6-10(14)15)17-13(8-18)9(2)3/h6-7,9,13,17-18H,4-5,8,16H2,1-3H3. The summed E-state index contributed by atoms with van der Waals surface area (Å²) in [6.07, 6.45) is 0.803. The minimum absolute atomic E-state index is 0.0143. The van der Waals surface area contributed by atoms with Gasteiger partial charge in [-0.2, -0.15) is 0 Å². The lowest BCUT2D eigenvalue weighted by molar-refractivity contribution is 0.249. The minimum atomic E-state index is -0.471. The van der Waals surface area contributed by atoms with Gasteiger partial charge in [0.1, 0.15) is 0 Å². The van der Waals surface area contributed by atoms with Crippen LogP contribution in [0.15, 0.2) is 12.1 Å². The zero-order valence-electron chi connectivity index (χ0n) is 11.7. The number of halogens is 1. The summed E-state index contributed by atoms with van der Waals surface area (Å²) in [7, 11) is 0. The number of nitrogen functional groups attached to an aromatic ring is 1. The van der Waals surface area contributed by atoms with Gasteiger partial charge in [0, 0.05) is 12.1 Å². The Morgan fingerprint density at radius 3 is 2.63 bits per heavy atom. The molecule has 0 aliphatic rings. The predicted molar refractivity (Wildman–Crippen MR) is 75.9 cm³/mol. The quantitative estimate of drug-likeness (QED) is 0.666. The number of benzene rings is 1. The van der Waals surface area contributed by atoms with Gasteiger partial charge in [-0.1, -0.05) is 20.8 Å². The fourth-order valence-electron chi connectivity index (χ4n) is 1.64. The zero-order valence-corrected chi connectivity index (χ0v) is 11.7. The Morgan fingerprint density at radius 1 is 1.42 bits per heavy atom. The maximum absolute atomic E-state index is 13.6. The van der Waals surface area contributed by atoms with E-state index in [1.54, 1.807) is 6.07 Å². The van der Waals surface area contributed by atoms with E-state index in [9.17, 15) is 9.50 Å². The van der Waals surface area contributed by atoms with E-state index in [1.165, 1.54) is 6.07 Å². The van der Waals surface area contributed by atoms with Crippen LogP contribution in [0.1, 0.15) is 27.2 Å². The lowest BCUT2D eigenvalue weighted by atomic mass is 10.0. The van der Waals surface area contributed by atoms with E-state index in [-0.39, 0.29) is 24.3 Å². The summed E-state index contributed by atoms with van der Waals surface area (Å²) in [6, 6.07) is 2.65. The summed E-state index contributed by atoms with van der Waals surface area (Å²) in [4.78, 5) is 0. The van der Waals surface area contributed by atoms with Gasteiger partial charge in [0.05, 0.1) is 30.6 Å². The molecular formula is C14H23FN2O2. The van der Waals surface area contributed by atoms with Crippen LogP contribution in [0.4, 0.5) is 15.8 Å². The summed E-state index contributed by atoms with van der Waals surface area (Å²) >= 11 is 0. The van der Waals surface area contributed by atoms with Crippen LogP contribution in [0.5, 0.6) is 5.75 Å². The molecule has 5 heteroatoms. The molecule has 0 spiro atoms. The summed E-state index contributed by atoms with van der Waals surface area (Å²) in [5.74, 6) is -0.0601. The van der Waals surface area contributed by atoms with Crippen LogP contribution in [-0.4, -0.2) is 24.4 Å². The van der Waals surface area contributed by atoms with Gasteiger partial charge in [0.15, 0.2) is 11.6 Å². The maximum Gasteiger partial charge on any atom is 0.167 e. The molecule has 0 aliphatic carbocycles. The number of ether oxygens (including phenoxy) is 1. The molecule has 1 atom stereocenters. The van der Waals surface area contributed by atoms with Crippen molar-refractivity contribution in [3.05, 3.63) is 17.9 Å². The zero-order chi connectivity index (χ0) is 14.4. The van der Waals surface area contributed by atoms with Crippen molar-refractivity contribution >= 4 is 11.4 Å². The molecule has 0 fully saturated rings. The molecule has 108 valence electrons. The first-order chi connectivity index (χ1) is 8.99. The Balaban J connectivity index is 2.93. The van der Waals surface area contributed by atoms with E-state index in [4.69, 9.17) is 10.5 Å². The van der Waals surface area contributed by atoms with Gasteiger partial charge in [0.25, 0.3) is 0 Å². The van der Waals surface area contributed by atoms with Crippen LogP contribution < -0.4 is 15.8 Å². The minimum Gasteiger partial charge on any atom is -0.490 e. The second-order valence-electron chi connectivity index (χ2n) is 4.90. The second kappa shape index (κ2) is 7.19. The molecule has 0 aromatic heterocycles. The molecule has 4 N–H and O–H groups in total. The fraction of sp³-hybridized carbons (Fsp3) is 0.571. The third-order valence-corrected chi connectivity index (χ3v) is 2.91. The normalized spacial score (nSPS) is 12.5. The van der Waals surface area contributed by atoms with Crippen molar-refractivity contribution in [3.8, 4) is 5.75 Å². The number of hydrogen-bond donors (Lipinski definition) is 3. The SMILES string of the molecule is CCCOc1cc(NC(CO)C(C)C)c(N)cc1F. The monoisotopic (exact) mass is 270 g/mol. The Bertz CT molecular complexity index is 411. The summed E-state index contributed by atoms with van der Waals surface area (Å²) in [5.41, 5.74) is 6.67. The Labute approximate surface area is 113 Å². The average molecular weight is 270 g/mol. The van der Waals surface area contributed by atoms with Crippen molar-refractivity contribution in [3.63, 3.8) is 0 Å². The highest BCUT2D eigenvalue weighted by Gasteiger charge is 2.15. The number of hydrogen-bond acceptors (Lipinski definition) is 4. The maximum atomic E-state index is 13.6. The van der Waals surface area contributed by atoms with Gasteiger partial charge in [-0.05, 0) is 12.3 Å². The van der Waals surface area contributed by atoms with Gasteiger partial charge < -0.3 is 20.9 Å². The first-order valence-corrected chi connectivity index (χ1v) is 6.58. The number of aliphatic hydroxyl groups is 1. The molecule has 19 heavy (non-hydrogen) atoms. The highest BCUT2D eigenvalue weighted by molar-refractivity contribution is 5.69. The van der Waals surface area contributed by atoms with Crippen molar-refractivity contribution in [2.45, 2.75) is 33.2 Å². The van der Waals surface area contributed by atoms with E-state index in [2.05, 4.69) is 5.32 Å². The second-order valence-corrected chi connectivity index (χ2v) is 4.90. The van der Waals surface area contributed by atoms with Gasteiger partial charge >= 0.3 is 0 Å². The average Bonchev–Trinajstić information content (AvgIpc) is 2.36. The topological polar surface area (TPSA) is 67.5 Å². The van der Waals surface area contributed by atoms with Gasteiger partial charge in [-0.15, -0.1) is 0 Å². The van der Waals surface area contributed by atoms with Gasteiger partial charge in [0.2, 0.25) is 0 Å². The van der Waals surface area contributed by atoms with Crippen molar-refractivity contribution in [2.24, 2.45) is 5.92 Å². The molecule has 0 amide bonds. The molecule has 1 aromatic rings. The van der Waals surface area contributed by atoms with Crippen molar-refractivity contribution < 1.29 is 14.2 Å². The predicted octanol–water partition coefficient (Wildman–Crippen LogP) is 2.63. The Kier molecular flexibility index (Phi) is 5.89. The third-order valence-electron chi connectivity index (χ3n) is 2.91. The van der Waals surface area contributed by atoms with Crippen LogP contribution in [0.2, 0.25) is 0 Å². The number of aliphatic hydroxyl groups excluding tert-OH is 1. The molecule has 0 radical (unpaired) electrons. The highest BCUT2D eigenvalue weighted by Crippen LogP contribution is 2.29. The van der Waals surface area contributed by atoms with E-state index in [0.717, 1.165) is 6.42 Å². The lowest BCUT2D eigenvalue weighted by Gasteiger charge is -2.22. The molecule has 0 saturated heterocycles. The first-order valence-electron chi connectivity index (χ1n) is 6.58. The van der Waals surface area contributed by atoms with Gasteiger partial charge in [-0.25, -0.2) is 4.39 Å². The molecule has 4 nitrogen and oxygen atoms in total. The Morgan fingerprint density at radius 2 is 2.11 bits per heavy atom. The Hall–Kier alpha value is -1.49. The number of anilines is 2. The van der Waals surface area contributed by atoms with Crippen molar-refractivity contribution in [1.29, 1.82) is 0 Å². The number of rotatable bonds is 7. The van der Waals surface area contributed by atoms with Crippen LogP contribution in [0, 0.1) is 11.7 Å². The molecule has 1 unspecified atom stereocenters. The summed E-state index contributed by atoms with van der Waals surface area (Å²) in [6.45, 7) is 6.37. The number of nitrogens with two attached hydrogens (primary N) is 1. The van der Waals surface area contributed by atoms with E-state index in [1.807, 2.05) is 20.8 Å².